The number of esters is 1. The van der Waals surface area contributed by atoms with Crippen molar-refractivity contribution in [1.82, 2.24) is 4.90 Å². The molecule has 1 fully saturated rings. The lowest BCUT2D eigenvalue weighted by atomic mass is 10.1. The molecule has 1 aromatic rings. The first-order chi connectivity index (χ1) is 9.01. The molecule has 1 N–H and O–H groups in total. The van der Waals surface area contributed by atoms with Crippen molar-refractivity contribution < 1.29 is 14.6 Å². The maximum absolute atomic E-state index is 11.5. The van der Waals surface area contributed by atoms with Crippen molar-refractivity contribution in [3.8, 4) is 0 Å². The second-order valence-corrected chi connectivity index (χ2v) is 6.63. The van der Waals surface area contributed by atoms with Crippen LogP contribution in [0.4, 0.5) is 0 Å². The number of rotatable bonds is 4. The highest BCUT2D eigenvalue weighted by molar-refractivity contribution is 7.11. The van der Waals surface area contributed by atoms with Gasteiger partial charge in [0, 0.05) is 22.3 Å². The van der Waals surface area contributed by atoms with Gasteiger partial charge < -0.3 is 9.84 Å². The summed E-state index contributed by atoms with van der Waals surface area (Å²) in [5.41, 5.74) is 0. The van der Waals surface area contributed by atoms with Gasteiger partial charge in [-0.05, 0) is 38.9 Å². The minimum absolute atomic E-state index is 0.0338. The summed E-state index contributed by atoms with van der Waals surface area (Å²) in [6.45, 7) is 2.90. The second-order valence-electron chi connectivity index (χ2n) is 5.25. The number of aliphatic hydroxyl groups excluding tert-OH is 1. The third kappa shape index (κ3) is 3.35. The molecule has 4 nitrogen and oxygen atoms in total. The summed E-state index contributed by atoms with van der Waals surface area (Å²) in [7, 11) is 3.41. The predicted octanol–water partition coefficient (Wildman–Crippen LogP) is 1.80. The van der Waals surface area contributed by atoms with Crippen LogP contribution in [0.5, 0.6) is 0 Å². The first kappa shape index (κ1) is 14.5. The topological polar surface area (TPSA) is 49.8 Å². The quantitative estimate of drug-likeness (QED) is 0.856. The first-order valence-corrected chi connectivity index (χ1v) is 7.34. The minimum Gasteiger partial charge on any atom is -0.469 e. The van der Waals surface area contributed by atoms with Crippen LogP contribution in [0.25, 0.3) is 0 Å². The molecule has 0 bridgehead atoms. The Bertz CT molecular complexity index is 446. The highest BCUT2D eigenvalue weighted by Gasteiger charge is 2.39. The van der Waals surface area contributed by atoms with Crippen molar-refractivity contribution in [2.24, 2.45) is 5.92 Å². The van der Waals surface area contributed by atoms with Crippen LogP contribution < -0.4 is 0 Å². The Balaban J connectivity index is 1.96. The predicted molar refractivity (Wildman–Crippen MR) is 75.1 cm³/mol. The lowest BCUT2D eigenvalue weighted by Gasteiger charge is -2.26. The van der Waals surface area contributed by atoms with Crippen LogP contribution in [-0.2, 0) is 16.1 Å². The molecule has 1 heterocycles. The maximum atomic E-state index is 11.5. The van der Waals surface area contributed by atoms with Crippen molar-refractivity contribution in [2.75, 3.05) is 14.2 Å². The summed E-state index contributed by atoms with van der Waals surface area (Å²) < 4.78 is 4.77. The van der Waals surface area contributed by atoms with E-state index in [-0.39, 0.29) is 17.9 Å². The van der Waals surface area contributed by atoms with E-state index in [0.29, 0.717) is 12.8 Å². The summed E-state index contributed by atoms with van der Waals surface area (Å²) in [5.74, 6) is -0.376. The average Bonchev–Trinajstić information content (AvgIpc) is 2.94. The normalized spacial score (nSPS) is 26.9. The molecule has 0 saturated heterocycles. The Morgan fingerprint density at radius 3 is 2.84 bits per heavy atom. The van der Waals surface area contributed by atoms with Gasteiger partial charge in [0.25, 0.3) is 0 Å². The zero-order valence-corrected chi connectivity index (χ0v) is 12.4. The van der Waals surface area contributed by atoms with E-state index in [4.69, 9.17) is 4.74 Å². The molecule has 3 atom stereocenters. The van der Waals surface area contributed by atoms with Crippen LogP contribution in [0, 0.1) is 12.8 Å². The van der Waals surface area contributed by atoms with E-state index in [0.717, 1.165) is 6.54 Å². The summed E-state index contributed by atoms with van der Waals surface area (Å²) >= 11 is 1.77. The van der Waals surface area contributed by atoms with Gasteiger partial charge in [-0.2, -0.15) is 0 Å². The fourth-order valence-corrected chi connectivity index (χ4v) is 3.71. The fourth-order valence-electron chi connectivity index (χ4n) is 2.76. The highest BCUT2D eigenvalue weighted by atomic mass is 32.1. The van der Waals surface area contributed by atoms with Gasteiger partial charge in [-0.15, -0.1) is 11.3 Å². The number of nitrogens with zero attached hydrogens (tertiary/aromatic N) is 1. The van der Waals surface area contributed by atoms with E-state index in [1.165, 1.54) is 16.9 Å². The summed E-state index contributed by atoms with van der Waals surface area (Å²) in [6.07, 6.45) is 0.731. The molecule has 1 saturated carbocycles. The Morgan fingerprint density at radius 1 is 1.53 bits per heavy atom. The molecule has 5 heteroatoms. The molecule has 1 aliphatic rings. The third-order valence-electron chi connectivity index (χ3n) is 3.80. The molecule has 2 rings (SSSR count). The van der Waals surface area contributed by atoms with Crippen molar-refractivity contribution in [2.45, 2.75) is 38.5 Å². The van der Waals surface area contributed by atoms with E-state index in [1.54, 1.807) is 11.3 Å². The van der Waals surface area contributed by atoms with Gasteiger partial charge in [0.05, 0.1) is 19.1 Å². The lowest BCUT2D eigenvalue weighted by Crippen LogP contribution is -2.36. The van der Waals surface area contributed by atoms with Crippen molar-refractivity contribution in [1.29, 1.82) is 0 Å². The van der Waals surface area contributed by atoms with E-state index in [1.807, 2.05) is 7.05 Å². The number of carbonyl (C=O) groups excluding carboxylic acids is 1. The number of methoxy groups -OCH3 is 1. The van der Waals surface area contributed by atoms with E-state index in [9.17, 15) is 9.90 Å². The number of carbonyl (C=O) groups is 1. The number of ether oxygens (including phenoxy) is 1. The van der Waals surface area contributed by atoms with Crippen molar-refractivity contribution in [3.63, 3.8) is 0 Å². The Labute approximate surface area is 118 Å². The van der Waals surface area contributed by atoms with Crippen molar-refractivity contribution in [3.05, 3.63) is 21.9 Å². The van der Waals surface area contributed by atoms with Crippen LogP contribution in [0.2, 0.25) is 0 Å². The number of aliphatic hydroxyl groups is 1. The number of hydrogen-bond donors (Lipinski definition) is 1. The molecule has 0 spiro atoms. The van der Waals surface area contributed by atoms with Crippen LogP contribution in [0.3, 0.4) is 0 Å². The molecule has 106 valence electrons. The summed E-state index contributed by atoms with van der Waals surface area (Å²) in [4.78, 5) is 16.3. The van der Waals surface area contributed by atoms with Gasteiger partial charge in [-0.25, -0.2) is 0 Å². The van der Waals surface area contributed by atoms with Crippen LogP contribution in [0.15, 0.2) is 12.1 Å². The first-order valence-electron chi connectivity index (χ1n) is 6.52. The number of likely N-dealkylation sites (N-methyl/N-ethyl adjacent to an activating group) is 1. The molecular formula is C14H21NO3S. The average molecular weight is 283 g/mol. The van der Waals surface area contributed by atoms with Gasteiger partial charge in [0.2, 0.25) is 0 Å². The van der Waals surface area contributed by atoms with Gasteiger partial charge in [-0.1, -0.05) is 0 Å². The lowest BCUT2D eigenvalue weighted by molar-refractivity contribution is -0.145. The number of thiophene rings is 1. The van der Waals surface area contributed by atoms with Crippen LogP contribution in [0.1, 0.15) is 22.6 Å². The molecule has 0 unspecified atom stereocenters. The molecule has 19 heavy (non-hydrogen) atoms. The second kappa shape index (κ2) is 6.03. The summed E-state index contributed by atoms with van der Waals surface area (Å²) in [6, 6.07) is 4.26. The molecule has 1 aliphatic carbocycles. The Hall–Kier alpha value is -0.910. The molecule has 1 aromatic heterocycles. The standard InChI is InChI=1S/C14H21NO3S/c1-9-4-5-11(19-9)8-15(2)12-6-10(7-13(12)16)14(17)18-3/h4-5,10,12-13,16H,6-8H2,1-3H3/t10-,12-,13+/m0/s1. The molecule has 0 radical (unpaired) electrons. The monoisotopic (exact) mass is 283 g/mol. The maximum Gasteiger partial charge on any atom is 0.308 e. The molecule has 0 aliphatic heterocycles. The molecule has 0 amide bonds. The van der Waals surface area contributed by atoms with Gasteiger partial charge in [-0.3, -0.25) is 9.69 Å². The smallest absolute Gasteiger partial charge is 0.308 e. The Morgan fingerprint density at radius 2 is 2.26 bits per heavy atom. The summed E-state index contributed by atoms with van der Waals surface area (Å²) in [5, 5.41) is 10.1. The van der Waals surface area contributed by atoms with E-state index < -0.39 is 6.10 Å². The van der Waals surface area contributed by atoms with Crippen LogP contribution in [-0.4, -0.2) is 42.3 Å². The molecule has 0 aromatic carbocycles. The highest BCUT2D eigenvalue weighted by Crippen LogP contribution is 2.31. The Kier molecular flexibility index (Phi) is 4.60. The zero-order chi connectivity index (χ0) is 14.0. The van der Waals surface area contributed by atoms with Gasteiger partial charge >= 0.3 is 5.97 Å². The largest absolute Gasteiger partial charge is 0.469 e. The van der Waals surface area contributed by atoms with E-state index in [2.05, 4.69) is 24.0 Å². The van der Waals surface area contributed by atoms with E-state index >= 15 is 0 Å². The number of hydrogen-bond acceptors (Lipinski definition) is 5. The zero-order valence-electron chi connectivity index (χ0n) is 11.6. The minimum atomic E-state index is -0.449. The third-order valence-corrected chi connectivity index (χ3v) is 4.78. The van der Waals surface area contributed by atoms with Crippen LogP contribution >= 0.6 is 11.3 Å². The van der Waals surface area contributed by atoms with Gasteiger partial charge in [0.15, 0.2) is 0 Å². The van der Waals surface area contributed by atoms with Gasteiger partial charge in [0.1, 0.15) is 0 Å². The van der Waals surface area contributed by atoms with Crippen molar-refractivity contribution >= 4 is 17.3 Å². The molecular weight excluding hydrogens is 262 g/mol. The SMILES string of the molecule is COC(=O)[C@@H]1C[C@@H](O)[C@@H](N(C)Cc2ccc(C)s2)C1. The number of aryl methyl sites for hydroxylation is 1. The fraction of sp³-hybridized carbons (Fsp3) is 0.643.